The topological polar surface area (TPSA) is 539 Å². The van der Waals surface area contributed by atoms with E-state index in [1.165, 1.54) is 16.7 Å². The highest BCUT2D eigenvalue weighted by molar-refractivity contribution is 8.08. The number of unbranched alkanes of at least 4 members (excludes halogenated alkanes) is 3. The summed E-state index contributed by atoms with van der Waals surface area (Å²) < 4.78 is 0. The number of primary amides is 2. The van der Waals surface area contributed by atoms with Crippen molar-refractivity contribution in [2.24, 2.45) is 28.9 Å². The molecular formula is C62H95N17O17S2. The quantitative estimate of drug-likeness (QED) is 0.0236. The van der Waals surface area contributed by atoms with Gasteiger partial charge >= 0.3 is 5.97 Å². The van der Waals surface area contributed by atoms with Crippen LogP contribution >= 0.6 is 23.5 Å². The van der Waals surface area contributed by atoms with Crippen molar-refractivity contribution in [3.05, 3.63) is 45.7 Å². The Kier molecular flexibility index (Phi) is 33.8. The second-order valence-corrected chi connectivity index (χ2v) is 26.3. The molecule has 0 aliphatic carbocycles. The summed E-state index contributed by atoms with van der Waals surface area (Å²) in [6.45, 7) is 5.60. The number of aliphatic carboxylic acids is 1. The van der Waals surface area contributed by atoms with Gasteiger partial charge in [-0.05, 0) is 70.3 Å². The first kappa shape index (κ1) is 80.4. The van der Waals surface area contributed by atoms with Crippen molar-refractivity contribution >= 4 is 112 Å². The highest BCUT2D eigenvalue weighted by Crippen LogP contribution is 2.34. The number of thioether (sulfide) groups is 2. The minimum Gasteiger partial charge on any atom is -0.481 e. The first-order valence-electron chi connectivity index (χ1n) is 33.0. The summed E-state index contributed by atoms with van der Waals surface area (Å²) in [5.74, 6) is -16.2. The van der Waals surface area contributed by atoms with Gasteiger partial charge in [0, 0.05) is 89.7 Å². The standard InChI is InChI=1S/C62H95N17O17S2/c1-3-4-6-18-46(82)70-42-33-98-50-49(59(93)77-60(50)94)97-32-41(56(90)74-40(29-47(83)84)55(89)71-37(51(66)85)15-9-10-23-69-52(86)36(30-67-24-21-63)31-68-25-22-64)75-54(88)39(28-35-13-7-5-8-14-35)73-53(87)38(19-20-45(65)81)72-58(92)48(34(2)80)76-57(91)43-16-11-26-78(43)62(96)44-17-12-27-79(44)61(42)95/h5,7-8,13-14,34,36-44,48,67-68,80H,3-4,6,9-12,15-33,63-64H2,1-2H3,(H2,65,81)(H2,66,85)(H,69,86)(H,70,82)(H,71,89)(H,72,92)(H,73,87)(H,74,90)(H,75,88)(H,76,91)(H,83,84)(H,77,93,94)/t34-,37+,38+,39+,40+,41+,42+,43+,44+,48+/m1/s1. The number of imide groups is 1. The lowest BCUT2D eigenvalue weighted by Crippen LogP contribution is -2.62. The van der Waals surface area contributed by atoms with Gasteiger partial charge in [-0.25, -0.2) is 0 Å². The van der Waals surface area contributed by atoms with Gasteiger partial charge in [0.25, 0.3) is 11.8 Å². The largest absolute Gasteiger partial charge is 0.481 e. The van der Waals surface area contributed by atoms with Gasteiger partial charge in [0.05, 0.1) is 28.3 Å². The number of carbonyl (C=O) groups excluding carboxylic acids is 14. The Bertz CT molecular complexity index is 3050. The van der Waals surface area contributed by atoms with E-state index >= 15 is 0 Å². The van der Waals surface area contributed by atoms with E-state index in [0.717, 1.165) is 6.42 Å². The molecule has 98 heavy (non-hydrogen) atoms. The van der Waals surface area contributed by atoms with Gasteiger partial charge in [0.2, 0.25) is 70.9 Å². The summed E-state index contributed by atoms with van der Waals surface area (Å²) in [4.78, 5) is 210. The summed E-state index contributed by atoms with van der Waals surface area (Å²) in [5, 5.41) is 49.7. The molecule has 14 amide bonds. The minimum absolute atomic E-state index is 0.00343. The number of nitrogens with one attached hydrogen (secondary N) is 11. The van der Waals surface area contributed by atoms with Crippen LogP contribution < -0.4 is 81.4 Å². The zero-order valence-electron chi connectivity index (χ0n) is 55.2. The molecule has 5 rings (SSSR count). The van der Waals surface area contributed by atoms with Gasteiger partial charge in [0.15, 0.2) is 0 Å². The Balaban J connectivity index is 1.55. The average molecular weight is 1410 g/mol. The van der Waals surface area contributed by atoms with E-state index < -0.39 is 180 Å². The zero-order valence-corrected chi connectivity index (χ0v) is 56.8. The third-order valence-electron chi connectivity index (χ3n) is 16.5. The predicted octanol–water partition coefficient (Wildman–Crippen LogP) is -5.86. The van der Waals surface area contributed by atoms with Crippen LogP contribution in [-0.2, 0) is 78.3 Å². The summed E-state index contributed by atoms with van der Waals surface area (Å²) >= 11 is 1.20. The van der Waals surface area contributed by atoms with Crippen molar-refractivity contribution < 1.29 is 82.1 Å². The summed E-state index contributed by atoms with van der Waals surface area (Å²) in [5.41, 5.74) is 22.8. The maximum Gasteiger partial charge on any atom is 0.305 e. The van der Waals surface area contributed by atoms with Crippen molar-refractivity contribution in [2.75, 3.05) is 70.4 Å². The molecule has 4 aliphatic heterocycles. The zero-order chi connectivity index (χ0) is 72.0. The SMILES string of the molecule is CCCCCC(=O)N[C@H]1CSC2=C(SC[C@@H](C(=O)N[C@@H](CC(=O)O)C(=O)N[C@@H](CCCCNC(=O)C(CNCCN)CNCCN)C(N)=O)NC(=O)[C@H](Cc3ccccc3)NC(=O)[C@H](CCC(N)=O)NC(=O)[C@H]([C@@H](C)O)NC(=O)[C@@H]3CCCN3C(=O)[C@@H]3CCCN3C1=O)C(=O)NC2=O. The summed E-state index contributed by atoms with van der Waals surface area (Å²) in [6, 6.07) is -6.52. The van der Waals surface area contributed by atoms with Gasteiger partial charge in [-0.15, -0.1) is 23.5 Å². The number of carbonyl (C=O) groups is 15. The number of nitrogens with zero attached hydrogens (tertiary/aromatic N) is 2. The summed E-state index contributed by atoms with van der Waals surface area (Å²) in [7, 11) is 0. The highest BCUT2D eigenvalue weighted by Gasteiger charge is 2.46. The lowest BCUT2D eigenvalue weighted by Gasteiger charge is -2.33. The molecule has 1 aromatic rings. The van der Waals surface area contributed by atoms with E-state index in [1.807, 2.05) is 6.92 Å². The molecule has 21 N–H and O–H groups in total. The van der Waals surface area contributed by atoms with Crippen LogP contribution in [0, 0.1) is 5.92 Å². The predicted molar refractivity (Wildman–Crippen MR) is 358 cm³/mol. The number of benzene rings is 1. The second-order valence-electron chi connectivity index (χ2n) is 24.2. The van der Waals surface area contributed by atoms with Crippen LogP contribution in [0.1, 0.15) is 109 Å². The fourth-order valence-corrected chi connectivity index (χ4v) is 13.6. The lowest BCUT2D eigenvalue weighted by atomic mass is 10.0. The van der Waals surface area contributed by atoms with Crippen LogP contribution in [-0.4, -0.2) is 240 Å². The first-order valence-corrected chi connectivity index (χ1v) is 34.9. The van der Waals surface area contributed by atoms with Crippen molar-refractivity contribution in [3.8, 4) is 0 Å². The molecule has 542 valence electrons. The molecule has 0 bridgehead atoms. The van der Waals surface area contributed by atoms with Crippen molar-refractivity contribution in [2.45, 2.75) is 171 Å². The lowest BCUT2D eigenvalue weighted by molar-refractivity contribution is -0.148. The van der Waals surface area contributed by atoms with Crippen molar-refractivity contribution in [1.29, 1.82) is 0 Å². The number of carboxylic acid groups (broad SMARTS) is 1. The number of hydrogen-bond donors (Lipinski definition) is 17. The molecular weight excluding hydrogens is 1320 g/mol. The number of rotatable bonds is 32. The van der Waals surface area contributed by atoms with Gasteiger partial charge in [-0.2, -0.15) is 0 Å². The van der Waals surface area contributed by atoms with Crippen LogP contribution in [0.3, 0.4) is 0 Å². The van der Waals surface area contributed by atoms with E-state index in [4.69, 9.17) is 22.9 Å². The number of nitrogens with two attached hydrogens (primary N) is 4. The average Bonchev–Trinajstić information content (AvgIpc) is 1.62. The molecule has 0 spiro atoms. The number of fused-ring (bicyclic) bond motifs is 2. The molecule has 4 heterocycles. The fourth-order valence-electron chi connectivity index (χ4n) is 11.3. The third kappa shape index (κ3) is 25.2. The second kappa shape index (κ2) is 41.2. The van der Waals surface area contributed by atoms with E-state index in [1.54, 1.807) is 30.3 Å². The van der Waals surface area contributed by atoms with Gasteiger partial charge in [-0.1, -0.05) is 50.1 Å². The molecule has 4 aliphatic rings. The maximum absolute atomic E-state index is 15.0. The van der Waals surface area contributed by atoms with Crippen LogP contribution in [0.4, 0.5) is 0 Å². The van der Waals surface area contributed by atoms with E-state index in [2.05, 4.69) is 58.5 Å². The Morgan fingerprint density at radius 2 is 1.29 bits per heavy atom. The van der Waals surface area contributed by atoms with Crippen LogP contribution in [0.5, 0.6) is 0 Å². The molecule has 0 saturated carbocycles. The minimum atomic E-state index is -2.02. The summed E-state index contributed by atoms with van der Waals surface area (Å²) in [6.07, 6.45) is -1.11. The number of carboxylic acids is 1. The number of hydrogen-bond acceptors (Lipinski definition) is 22. The van der Waals surface area contributed by atoms with Crippen LogP contribution in [0.15, 0.2) is 40.1 Å². The van der Waals surface area contributed by atoms with Gasteiger partial charge in [0.1, 0.15) is 54.4 Å². The highest BCUT2D eigenvalue weighted by atomic mass is 32.2. The number of amides is 14. The molecule has 0 aromatic heterocycles. The Morgan fingerprint density at radius 1 is 0.673 bits per heavy atom. The Labute approximate surface area is 575 Å². The third-order valence-corrected chi connectivity index (χ3v) is 19.0. The molecule has 1 aromatic carbocycles. The molecule has 34 nitrogen and oxygen atoms in total. The van der Waals surface area contributed by atoms with Crippen LogP contribution in [0.2, 0.25) is 0 Å². The Hall–Kier alpha value is -8.29. The Morgan fingerprint density at radius 3 is 1.89 bits per heavy atom. The molecule has 0 radical (unpaired) electrons. The smallest absolute Gasteiger partial charge is 0.305 e. The van der Waals surface area contributed by atoms with E-state index in [0.29, 0.717) is 94.0 Å². The molecule has 2 saturated heterocycles. The number of aliphatic hydroxyl groups excluding tert-OH is 1. The maximum atomic E-state index is 15.0. The van der Waals surface area contributed by atoms with Gasteiger partial charge in [-0.3, -0.25) is 77.2 Å². The molecule has 0 unspecified atom stereocenters. The van der Waals surface area contributed by atoms with Gasteiger partial charge < -0.3 is 96.1 Å². The first-order chi connectivity index (χ1) is 46.8. The monoisotopic (exact) mass is 1410 g/mol. The number of aliphatic hydroxyl groups is 1. The van der Waals surface area contributed by atoms with E-state index in [-0.39, 0.29) is 80.3 Å². The van der Waals surface area contributed by atoms with Crippen molar-refractivity contribution in [3.63, 3.8) is 0 Å². The van der Waals surface area contributed by atoms with Crippen molar-refractivity contribution in [1.82, 2.24) is 68.3 Å². The molecule has 36 heteroatoms. The molecule has 2 fully saturated rings. The van der Waals surface area contributed by atoms with Crippen LogP contribution in [0.25, 0.3) is 0 Å². The fraction of sp³-hybridized carbons (Fsp3) is 0.629. The molecule has 10 atom stereocenters. The van der Waals surface area contributed by atoms with E-state index in [9.17, 15) is 82.1 Å². The normalized spacial score (nSPS) is 22.5.